The number of Topliss-reactive ketones (excluding diaryl/α,β-unsaturated/α-hetero) is 1. The quantitative estimate of drug-likeness (QED) is 0.513. The second-order valence-electron chi connectivity index (χ2n) is 3.47. The van der Waals surface area contributed by atoms with Gasteiger partial charge in [-0.2, -0.15) is 0 Å². The molecule has 0 radical (unpaired) electrons. The third-order valence-electron chi connectivity index (χ3n) is 2.63. The summed E-state index contributed by atoms with van der Waals surface area (Å²) in [6.45, 7) is 0. The third kappa shape index (κ3) is 1.58. The van der Waals surface area contributed by atoms with Crippen molar-refractivity contribution in [1.29, 1.82) is 0 Å². The number of carbonyl (C=O) groups excluding carboxylic acids is 2. The van der Waals surface area contributed by atoms with Crippen LogP contribution in [0.4, 0.5) is 0 Å². The van der Waals surface area contributed by atoms with Gasteiger partial charge < -0.3 is 0 Å². The molecular formula is C11H9ClO2. The minimum absolute atomic E-state index is 0.159. The van der Waals surface area contributed by atoms with Gasteiger partial charge in [0.05, 0.1) is 0 Å². The van der Waals surface area contributed by atoms with Crippen LogP contribution >= 0.6 is 11.6 Å². The van der Waals surface area contributed by atoms with Crippen LogP contribution in [0.5, 0.6) is 0 Å². The molecule has 0 aromatic heterocycles. The molecule has 0 heterocycles. The van der Waals surface area contributed by atoms with Crippen LogP contribution in [0.25, 0.3) is 0 Å². The Morgan fingerprint density at radius 1 is 0.929 bits per heavy atom. The first-order valence-corrected chi connectivity index (χ1v) is 4.85. The van der Waals surface area contributed by atoms with Crippen molar-refractivity contribution in [2.75, 3.05) is 0 Å². The molecule has 0 N–H and O–H groups in total. The molecule has 14 heavy (non-hydrogen) atoms. The fraction of sp³-hybridized carbons (Fsp3) is 0.273. The first-order chi connectivity index (χ1) is 6.72. The van der Waals surface area contributed by atoms with E-state index in [0.29, 0.717) is 0 Å². The molecular weight excluding hydrogens is 200 g/mol. The van der Waals surface area contributed by atoms with Crippen LogP contribution in [0.1, 0.15) is 0 Å². The predicted molar refractivity (Wildman–Crippen MR) is 53.8 cm³/mol. The van der Waals surface area contributed by atoms with Gasteiger partial charge in [0.25, 0.3) is 5.24 Å². The molecule has 0 bridgehead atoms. The van der Waals surface area contributed by atoms with E-state index in [1.165, 1.54) is 0 Å². The van der Waals surface area contributed by atoms with E-state index in [4.69, 9.17) is 11.6 Å². The van der Waals surface area contributed by atoms with Gasteiger partial charge in [-0.05, 0) is 23.4 Å². The standard InChI is InChI=1S/C11H9ClO2/c12-11(14)10(13)9-7-5-3-1-2-4-6-8(7)9/h1-9H/b2-1-,5-3-,6-4-. The van der Waals surface area contributed by atoms with Crippen LogP contribution in [0, 0.1) is 17.8 Å². The molecule has 1 saturated carbocycles. The molecule has 0 spiro atoms. The number of fused-ring (bicyclic) bond motifs is 1. The van der Waals surface area contributed by atoms with Crippen molar-refractivity contribution in [3.8, 4) is 0 Å². The van der Waals surface area contributed by atoms with Gasteiger partial charge in [-0.25, -0.2) is 0 Å². The maximum atomic E-state index is 11.3. The van der Waals surface area contributed by atoms with E-state index >= 15 is 0 Å². The van der Waals surface area contributed by atoms with E-state index in [1.807, 2.05) is 36.5 Å². The van der Waals surface area contributed by atoms with Gasteiger partial charge in [-0.1, -0.05) is 36.5 Å². The van der Waals surface area contributed by atoms with Crippen molar-refractivity contribution in [3.63, 3.8) is 0 Å². The van der Waals surface area contributed by atoms with E-state index in [-0.39, 0.29) is 17.8 Å². The average molecular weight is 209 g/mol. The summed E-state index contributed by atoms with van der Waals surface area (Å²) in [5.41, 5.74) is 0. The van der Waals surface area contributed by atoms with Crippen LogP contribution in [0.2, 0.25) is 0 Å². The highest BCUT2D eigenvalue weighted by molar-refractivity contribution is 6.81. The molecule has 2 aliphatic carbocycles. The van der Waals surface area contributed by atoms with Gasteiger partial charge in [0, 0.05) is 5.92 Å². The molecule has 0 saturated heterocycles. The maximum Gasteiger partial charge on any atom is 0.288 e. The SMILES string of the molecule is O=C(Cl)C(=O)C1C2\C=C/C=C\C=C/C21. The summed E-state index contributed by atoms with van der Waals surface area (Å²) in [7, 11) is 0. The number of hydrogen-bond donors (Lipinski definition) is 0. The van der Waals surface area contributed by atoms with E-state index in [2.05, 4.69) is 0 Å². The Balaban J connectivity index is 2.15. The summed E-state index contributed by atoms with van der Waals surface area (Å²) in [4.78, 5) is 22.0. The van der Waals surface area contributed by atoms with Crippen LogP contribution in [-0.4, -0.2) is 11.0 Å². The molecule has 0 aromatic carbocycles. The van der Waals surface area contributed by atoms with E-state index in [1.54, 1.807) is 0 Å². The molecule has 0 aromatic rings. The minimum Gasteiger partial charge on any atom is -0.289 e. The highest BCUT2D eigenvalue weighted by atomic mass is 35.5. The zero-order valence-electron chi connectivity index (χ0n) is 7.39. The van der Waals surface area contributed by atoms with Crippen molar-refractivity contribution in [2.24, 2.45) is 17.8 Å². The van der Waals surface area contributed by atoms with Crippen molar-refractivity contribution >= 4 is 22.6 Å². The Labute approximate surface area is 86.9 Å². The number of halogens is 1. The largest absolute Gasteiger partial charge is 0.289 e. The highest BCUT2D eigenvalue weighted by Crippen LogP contribution is 2.49. The third-order valence-corrected chi connectivity index (χ3v) is 2.82. The Morgan fingerprint density at radius 2 is 1.43 bits per heavy atom. The van der Waals surface area contributed by atoms with Gasteiger partial charge in [-0.15, -0.1) is 0 Å². The molecule has 3 heteroatoms. The predicted octanol–water partition coefficient (Wildman–Crippen LogP) is 1.87. The summed E-state index contributed by atoms with van der Waals surface area (Å²) in [6.07, 6.45) is 11.5. The van der Waals surface area contributed by atoms with Gasteiger partial charge in [-0.3, -0.25) is 9.59 Å². The highest BCUT2D eigenvalue weighted by Gasteiger charge is 2.52. The molecule has 72 valence electrons. The maximum absolute atomic E-state index is 11.3. The fourth-order valence-corrected chi connectivity index (χ4v) is 1.97. The molecule has 2 nitrogen and oxygen atoms in total. The lowest BCUT2D eigenvalue weighted by Crippen LogP contribution is -2.10. The van der Waals surface area contributed by atoms with Gasteiger partial charge in [0.2, 0.25) is 5.78 Å². The Hall–Kier alpha value is -1.15. The lowest BCUT2D eigenvalue weighted by molar-refractivity contribution is -0.133. The Kier molecular flexibility index (Phi) is 2.38. The zero-order chi connectivity index (χ0) is 10.1. The van der Waals surface area contributed by atoms with Crippen LogP contribution in [0.3, 0.4) is 0 Å². The summed E-state index contributed by atoms with van der Waals surface area (Å²) >= 11 is 5.16. The van der Waals surface area contributed by atoms with E-state index < -0.39 is 11.0 Å². The Morgan fingerprint density at radius 3 is 1.86 bits per heavy atom. The van der Waals surface area contributed by atoms with Crippen LogP contribution < -0.4 is 0 Å². The summed E-state index contributed by atoms with van der Waals surface area (Å²) in [6, 6.07) is 0. The van der Waals surface area contributed by atoms with Gasteiger partial charge in [0.1, 0.15) is 0 Å². The van der Waals surface area contributed by atoms with E-state index in [9.17, 15) is 9.59 Å². The molecule has 0 aliphatic heterocycles. The molecule has 0 amide bonds. The minimum atomic E-state index is -0.850. The second-order valence-corrected chi connectivity index (χ2v) is 3.82. The first kappa shape index (κ1) is 9.41. The molecule has 2 rings (SSSR count). The first-order valence-electron chi connectivity index (χ1n) is 4.47. The van der Waals surface area contributed by atoms with Crippen molar-refractivity contribution in [2.45, 2.75) is 0 Å². The summed E-state index contributed by atoms with van der Waals surface area (Å²) in [5, 5.41) is -0.850. The van der Waals surface area contributed by atoms with Crippen molar-refractivity contribution in [3.05, 3.63) is 36.5 Å². The average Bonchev–Trinajstić information content (AvgIpc) is 2.75. The number of hydrogen-bond acceptors (Lipinski definition) is 2. The number of rotatable bonds is 2. The van der Waals surface area contributed by atoms with E-state index in [0.717, 1.165) is 0 Å². The van der Waals surface area contributed by atoms with Crippen molar-refractivity contribution < 1.29 is 9.59 Å². The molecule has 1 fully saturated rings. The molecule has 2 aliphatic rings. The smallest absolute Gasteiger partial charge is 0.288 e. The topological polar surface area (TPSA) is 34.1 Å². The zero-order valence-corrected chi connectivity index (χ0v) is 8.15. The van der Waals surface area contributed by atoms with Gasteiger partial charge >= 0.3 is 0 Å². The number of ketones is 1. The lowest BCUT2D eigenvalue weighted by Gasteiger charge is -1.87. The molecule has 2 atom stereocenters. The van der Waals surface area contributed by atoms with Crippen LogP contribution in [-0.2, 0) is 9.59 Å². The normalized spacial score (nSPS) is 39.9. The fourth-order valence-electron chi connectivity index (χ4n) is 1.85. The number of carbonyl (C=O) groups is 2. The molecule has 2 unspecified atom stereocenters. The Bertz CT molecular complexity index is 343. The summed E-state index contributed by atoms with van der Waals surface area (Å²) in [5.74, 6) is -0.372. The second kappa shape index (κ2) is 3.54. The monoisotopic (exact) mass is 208 g/mol. The van der Waals surface area contributed by atoms with Crippen molar-refractivity contribution in [1.82, 2.24) is 0 Å². The number of allylic oxidation sites excluding steroid dienone is 6. The van der Waals surface area contributed by atoms with Gasteiger partial charge in [0.15, 0.2) is 0 Å². The van der Waals surface area contributed by atoms with Crippen LogP contribution in [0.15, 0.2) is 36.5 Å². The lowest BCUT2D eigenvalue weighted by atomic mass is 10.2. The summed E-state index contributed by atoms with van der Waals surface area (Å²) < 4.78 is 0.